The second-order valence-corrected chi connectivity index (χ2v) is 16.7. The first-order valence-corrected chi connectivity index (χ1v) is 20.3. The topological polar surface area (TPSA) is 133 Å². The predicted octanol–water partition coefficient (Wildman–Crippen LogP) is 8.56. The van der Waals surface area contributed by atoms with Gasteiger partial charge >= 0.3 is 17.6 Å². The van der Waals surface area contributed by atoms with Crippen LogP contribution in [-0.2, 0) is 38.5 Å². The Morgan fingerprint density at radius 1 is 0.810 bits per heavy atom. The molecule has 2 N–H and O–H groups in total. The molecular formula is C49H50O9. The molecule has 300 valence electrons. The standard InChI is InChI=1S/C49H50O9/c1-29(27-50)38-18-14-30-12-15-33(16-13-30)39-19-17-35(34-11-7-10-32(23-34)22-31-8-5-4-6-9-31)24-36(39)25-42(52)56-46-44-41(58-49(2,3)47(46)57-48(38)54)21-20-40-37(28-51)26-43(53)55-45(40)44/h4-13,15-16,20-21,23,26,35-36,39,46-47,50-51H,14,17-19,22,24-25,27-28H2,1-3H3/b38-29-/t35-,36-,39-,46+,47-/m0/s1. The normalized spacial score (nSPS) is 24.1. The summed E-state index contributed by atoms with van der Waals surface area (Å²) >= 11 is 0. The molecule has 58 heavy (non-hydrogen) atoms. The minimum Gasteiger partial charge on any atom is -0.483 e. The number of carbonyl (C=O) groups excluding carboxylic acids is 2. The summed E-state index contributed by atoms with van der Waals surface area (Å²) in [6.07, 6.45) is 2.02. The summed E-state index contributed by atoms with van der Waals surface area (Å²) < 4.78 is 25.1. The fraction of sp³-hybridized carbons (Fsp3) is 0.367. The molecule has 0 spiro atoms. The third-order valence-electron chi connectivity index (χ3n) is 12.4. The maximum atomic E-state index is 14.6. The van der Waals surface area contributed by atoms with Gasteiger partial charge in [0, 0.05) is 23.4 Å². The number of aryl methyl sites for hydroxylation is 1. The highest BCUT2D eigenvalue weighted by Crippen LogP contribution is 2.49. The van der Waals surface area contributed by atoms with Crippen molar-refractivity contribution in [2.45, 2.75) is 102 Å². The highest BCUT2D eigenvalue weighted by Gasteiger charge is 2.51. The number of hydrogen-bond donors (Lipinski definition) is 2. The Kier molecular flexibility index (Phi) is 11.1. The number of rotatable bonds is 5. The second kappa shape index (κ2) is 16.4. The van der Waals surface area contributed by atoms with E-state index in [-0.39, 0.29) is 41.9 Å². The molecule has 1 fully saturated rings. The number of aliphatic hydroxyl groups is 2. The van der Waals surface area contributed by atoms with E-state index >= 15 is 0 Å². The fourth-order valence-corrected chi connectivity index (χ4v) is 9.36. The zero-order valence-electron chi connectivity index (χ0n) is 33.2. The number of fused-ring (bicyclic) bond motifs is 11. The van der Waals surface area contributed by atoms with Gasteiger partial charge in [-0.15, -0.1) is 0 Å². The quantitative estimate of drug-likeness (QED) is 0.102. The summed E-state index contributed by atoms with van der Waals surface area (Å²) in [5.74, 6) is -0.562. The monoisotopic (exact) mass is 782 g/mol. The van der Waals surface area contributed by atoms with Gasteiger partial charge in [0.15, 0.2) is 12.2 Å². The van der Waals surface area contributed by atoms with Crippen LogP contribution in [0.3, 0.4) is 0 Å². The van der Waals surface area contributed by atoms with Crippen molar-refractivity contribution in [2.24, 2.45) is 5.92 Å². The van der Waals surface area contributed by atoms with E-state index in [9.17, 15) is 24.6 Å². The zero-order valence-corrected chi connectivity index (χ0v) is 33.2. The van der Waals surface area contributed by atoms with E-state index < -0.39 is 42.0 Å². The van der Waals surface area contributed by atoms with Crippen LogP contribution in [0.25, 0.3) is 11.0 Å². The van der Waals surface area contributed by atoms with Gasteiger partial charge in [-0.05, 0) is 128 Å². The second-order valence-electron chi connectivity index (χ2n) is 16.7. The molecule has 5 aromatic rings. The summed E-state index contributed by atoms with van der Waals surface area (Å²) in [4.78, 5) is 41.7. The Labute approximate surface area is 338 Å². The Morgan fingerprint density at radius 3 is 2.34 bits per heavy atom. The van der Waals surface area contributed by atoms with Crippen LogP contribution in [0, 0.1) is 5.92 Å². The molecule has 4 aromatic carbocycles. The molecule has 0 amide bonds. The molecule has 0 radical (unpaired) electrons. The summed E-state index contributed by atoms with van der Waals surface area (Å²) in [6.45, 7) is 4.45. The van der Waals surface area contributed by atoms with Gasteiger partial charge in [-0.3, -0.25) is 4.79 Å². The maximum Gasteiger partial charge on any atom is 0.336 e. The van der Waals surface area contributed by atoms with Crippen molar-refractivity contribution in [2.75, 3.05) is 6.61 Å². The van der Waals surface area contributed by atoms with Crippen molar-refractivity contribution in [1.29, 1.82) is 0 Å². The van der Waals surface area contributed by atoms with E-state index in [0.29, 0.717) is 40.7 Å². The molecule has 4 aliphatic rings. The third kappa shape index (κ3) is 7.98. The number of carbonyl (C=O) groups is 2. The van der Waals surface area contributed by atoms with Crippen LogP contribution in [0.5, 0.6) is 5.75 Å². The maximum absolute atomic E-state index is 14.6. The summed E-state index contributed by atoms with van der Waals surface area (Å²) in [5.41, 5.74) is 5.54. The molecule has 0 unspecified atom stereocenters. The van der Waals surface area contributed by atoms with Crippen molar-refractivity contribution < 1.29 is 38.4 Å². The van der Waals surface area contributed by atoms with Crippen LogP contribution in [0.1, 0.15) is 110 Å². The van der Waals surface area contributed by atoms with Crippen LogP contribution in [-0.4, -0.2) is 40.5 Å². The number of ether oxygens (including phenoxy) is 3. The molecule has 4 heterocycles. The first-order chi connectivity index (χ1) is 28.0. The highest BCUT2D eigenvalue weighted by atomic mass is 16.6. The lowest BCUT2D eigenvalue weighted by molar-refractivity contribution is -0.188. The van der Waals surface area contributed by atoms with Gasteiger partial charge in [0.05, 0.1) is 18.8 Å². The fourth-order valence-electron chi connectivity index (χ4n) is 9.36. The Bertz CT molecular complexity index is 2410. The van der Waals surface area contributed by atoms with E-state index in [4.69, 9.17) is 18.6 Å². The predicted molar refractivity (Wildman–Crippen MR) is 220 cm³/mol. The Balaban J connectivity index is 1.20. The van der Waals surface area contributed by atoms with Crippen molar-refractivity contribution in [3.63, 3.8) is 0 Å². The van der Waals surface area contributed by atoms with E-state index in [1.165, 1.54) is 22.8 Å². The smallest absolute Gasteiger partial charge is 0.336 e. The zero-order chi connectivity index (χ0) is 40.6. The Hall–Kier alpha value is -5.51. The van der Waals surface area contributed by atoms with Gasteiger partial charge in [0.2, 0.25) is 0 Å². The van der Waals surface area contributed by atoms with Crippen LogP contribution in [0.2, 0.25) is 0 Å². The average Bonchev–Trinajstić information content (AvgIpc) is 3.21. The molecule has 1 saturated carbocycles. The number of aliphatic hydroxyl groups excluding tert-OH is 2. The van der Waals surface area contributed by atoms with Crippen molar-refractivity contribution in [3.05, 3.63) is 158 Å². The largest absolute Gasteiger partial charge is 0.483 e. The minimum atomic E-state index is -1.23. The van der Waals surface area contributed by atoms with Crippen molar-refractivity contribution >= 4 is 22.9 Å². The first kappa shape index (κ1) is 39.3. The van der Waals surface area contributed by atoms with Gasteiger partial charge in [-0.2, -0.15) is 0 Å². The lowest BCUT2D eigenvalue weighted by Crippen LogP contribution is -2.52. The molecular weight excluding hydrogens is 733 g/mol. The molecule has 3 aliphatic heterocycles. The van der Waals surface area contributed by atoms with E-state index in [1.807, 2.05) is 6.07 Å². The molecule has 2 bridgehead atoms. The average molecular weight is 783 g/mol. The van der Waals surface area contributed by atoms with E-state index in [2.05, 4.69) is 72.8 Å². The minimum absolute atomic E-state index is 0.0655. The molecule has 9 heteroatoms. The molecule has 0 saturated heterocycles. The van der Waals surface area contributed by atoms with Crippen LogP contribution < -0.4 is 10.4 Å². The molecule has 9 nitrogen and oxygen atoms in total. The first-order valence-electron chi connectivity index (χ1n) is 20.3. The lowest BCUT2D eigenvalue weighted by Gasteiger charge is -2.43. The molecule has 1 aromatic heterocycles. The summed E-state index contributed by atoms with van der Waals surface area (Å²) in [7, 11) is 0. The van der Waals surface area contributed by atoms with Gasteiger partial charge in [-0.1, -0.05) is 78.9 Å². The molecule has 9 rings (SSSR count). The van der Waals surface area contributed by atoms with E-state index in [0.717, 1.165) is 36.8 Å². The van der Waals surface area contributed by atoms with Gasteiger partial charge in [0.25, 0.3) is 0 Å². The van der Waals surface area contributed by atoms with Crippen LogP contribution in [0.15, 0.2) is 117 Å². The highest BCUT2D eigenvalue weighted by molar-refractivity contribution is 5.90. The molecule has 1 aliphatic carbocycles. The van der Waals surface area contributed by atoms with Crippen molar-refractivity contribution in [3.8, 4) is 5.75 Å². The van der Waals surface area contributed by atoms with Gasteiger partial charge < -0.3 is 28.8 Å². The lowest BCUT2D eigenvalue weighted by atomic mass is 9.68. The third-order valence-corrected chi connectivity index (χ3v) is 12.4. The van der Waals surface area contributed by atoms with E-state index in [1.54, 1.807) is 32.9 Å². The van der Waals surface area contributed by atoms with Gasteiger partial charge in [-0.25, -0.2) is 9.59 Å². The SMILES string of the molecule is C/C(CO)=C1\CCc2ccc(cc2)[C@@H]2CC[C@H](c3cccc(Cc4ccccc4)c3)C[C@H]2CC(=O)O[C@@H]2c3c(ccc4c(CO)cc(=O)oc34)OC(C)(C)[C@H]2OC1=O. The Morgan fingerprint density at radius 2 is 1.59 bits per heavy atom. The summed E-state index contributed by atoms with van der Waals surface area (Å²) in [6, 6.07) is 32.3. The number of esters is 2. The van der Waals surface area contributed by atoms with Gasteiger partial charge in [0.1, 0.15) is 16.9 Å². The van der Waals surface area contributed by atoms with Crippen LogP contribution >= 0.6 is 0 Å². The number of hydrogen-bond acceptors (Lipinski definition) is 9. The van der Waals surface area contributed by atoms with Crippen LogP contribution in [0.4, 0.5) is 0 Å². The summed E-state index contributed by atoms with van der Waals surface area (Å²) in [5, 5.41) is 20.8. The number of benzene rings is 4. The molecule has 5 atom stereocenters. The van der Waals surface area contributed by atoms with Crippen molar-refractivity contribution in [1.82, 2.24) is 0 Å².